The first-order chi connectivity index (χ1) is 9.85. The fourth-order valence-electron chi connectivity index (χ4n) is 3.38. The van der Waals surface area contributed by atoms with Crippen molar-refractivity contribution in [3.8, 4) is 0 Å². The number of alkyl carbamates (subject to hydrolysis) is 1. The van der Waals surface area contributed by atoms with Gasteiger partial charge in [0.2, 0.25) is 0 Å². The Bertz CT molecular complexity index is 357. The van der Waals surface area contributed by atoms with Crippen LogP contribution in [-0.4, -0.2) is 41.3 Å². The fraction of sp³-hybridized carbons (Fsp3) is 0.938. The minimum atomic E-state index is -0.420. The van der Waals surface area contributed by atoms with Crippen LogP contribution in [-0.2, 0) is 4.74 Å². The molecule has 4 atom stereocenters. The Hall–Kier alpha value is -0.420. The molecule has 0 spiro atoms. The number of ether oxygens (including phenoxy) is 1. The molecule has 0 aromatic rings. The van der Waals surface area contributed by atoms with Gasteiger partial charge in [-0.1, -0.05) is 0 Å². The van der Waals surface area contributed by atoms with Crippen molar-refractivity contribution in [2.24, 2.45) is 0 Å². The number of carbonyl (C=O) groups is 1. The van der Waals surface area contributed by atoms with Crippen molar-refractivity contribution in [1.82, 2.24) is 10.6 Å². The standard InChI is InChI=1S/C16H30N2O2S/c1-16(2,3)20-15(19)18-12-6-5-11(9-12)17-13-7-8-14(10-13)21-4/h11-14,17H,5-10H2,1-4H3,(H,18,19). The third kappa shape index (κ3) is 5.70. The number of carbonyl (C=O) groups excluding carboxylic acids is 1. The third-order valence-electron chi connectivity index (χ3n) is 4.34. The largest absolute Gasteiger partial charge is 0.444 e. The van der Waals surface area contributed by atoms with Crippen molar-refractivity contribution < 1.29 is 9.53 Å². The molecule has 0 aromatic carbocycles. The predicted octanol–water partition coefficient (Wildman–Crippen LogP) is 3.31. The smallest absolute Gasteiger partial charge is 0.407 e. The molecule has 2 saturated carbocycles. The summed E-state index contributed by atoms with van der Waals surface area (Å²) in [6, 6.07) is 1.48. The topological polar surface area (TPSA) is 50.4 Å². The highest BCUT2D eigenvalue weighted by Gasteiger charge is 2.31. The molecule has 0 aliphatic heterocycles. The molecule has 2 N–H and O–H groups in total. The lowest BCUT2D eigenvalue weighted by Crippen LogP contribution is -2.40. The van der Waals surface area contributed by atoms with E-state index < -0.39 is 5.60 Å². The fourth-order valence-corrected chi connectivity index (χ4v) is 4.17. The molecule has 2 rings (SSSR count). The number of thioether (sulfide) groups is 1. The van der Waals surface area contributed by atoms with Gasteiger partial charge in [-0.2, -0.15) is 11.8 Å². The van der Waals surface area contributed by atoms with Gasteiger partial charge in [0.15, 0.2) is 0 Å². The van der Waals surface area contributed by atoms with Gasteiger partial charge >= 0.3 is 6.09 Å². The highest BCUT2D eigenvalue weighted by Crippen LogP contribution is 2.30. The Balaban J connectivity index is 1.68. The quantitative estimate of drug-likeness (QED) is 0.836. The normalized spacial score (nSPS) is 33.1. The lowest BCUT2D eigenvalue weighted by molar-refractivity contribution is 0.0505. The molecule has 0 bridgehead atoms. The van der Waals surface area contributed by atoms with E-state index in [4.69, 9.17) is 4.74 Å². The van der Waals surface area contributed by atoms with Crippen LogP contribution in [0.5, 0.6) is 0 Å². The van der Waals surface area contributed by atoms with Crippen LogP contribution in [0.15, 0.2) is 0 Å². The lowest BCUT2D eigenvalue weighted by atomic mass is 10.1. The number of nitrogens with one attached hydrogen (secondary N) is 2. The molecule has 2 aliphatic rings. The van der Waals surface area contributed by atoms with Gasteiger partial charge in [0.05, 0.1) is 0 Å². The summed E-state index contributed by atoms with van der Waals surface area (Å²) in [5.41, 5.74) is -0.420. The van der Waals surface area contributed by atoms with Gasteiger partial charge < -0.3 is 15.4 Å². The van der Waals surface area contributed by atoms with Gasteiger partial charge in [0.25, 0.3) is 0 Å². The Kier molecular flexibility index (Phi) is 5.83. The van der Waals surface area contributed by atoms with Crippen molar-refractivity contribution in [2.45, 2.75) is 88.3 Å². The van der Waals surface area contributed by atoms with Crippen molar-refractivity contribution in [3.05, 3.63) is 0 Å². The molecule has 4 unspecified atom stereocenters. The van der Waals surface area contributed by atoms with Crippen LogP contribution in [0.25, 0.3) is 0 Å². The highest BCUT2D eigenvalue weighted by atomic mass is 32.2. The van der Waals surface area contributed by atoms with Crippen LogP contribution in [0.4, 0.5) is 4.79 Å². The first-order valence-electron chi connectivity index (χ1n) is 8.14. The van der Waals surface area contributed by atoms with E-state index in [9.17, 15) is 4.79 Å². The molecule has 0 heterocycles. The first-order valence-corrected chi connectivity index (χ1v) is 9.43. The van der Waals surface area contributed by atoms with E-state index >= 15 is 0 Å². The summed E-state index contributed by atoms with van der Waals surface area (Å²) in [6.07, 6.45) is 9.09. The second-order valence-electron chi connectivity index (χ2n) is 7.39. The Morgan fingerprint density at radius 3 is 2.29 bits per heavy atom. The Labute approximate surface area is 133 Å². The average Bonchev–Trinajstić information content (AvgIpc) is 2.97. The van der Waals surface area contributed by atoms with E-state index in [-0.39, 0.29) is 12.1 Å². The van der Waals surface area contributed by atoms with Crippen molar-refractivity contribution >= 4 is 17.9 Å². The number of rotatable bonds is 4. The highest BCUT2D eigenvalue weighted by molar-refractivity contribution is 7.99. The van der Waals surface area contributed by atoms with E-state index in [1.807, 2.05) is 32.5 Å². The molecule has 0 aromatic heterocycles. The number of amides is 1. The van der Waals surface area contributed by atoms with Crippen LogP contribution in [0.1, 0.15) is 59.3 Å². The Morgan fingerprint density at radius 2 is 1.67 bits per heavy atom. The van der Waals surface area contributed by atoms with E-state index in [0.29, 0.717) is 12.1 Å². The van der Waals surface area contributed by atoms with Gasteiger partial charge in [-0.15, -0.1) is 0 Å². The molecular formula is C16H30N2O2S. The molecule has 2 aliphatic carbocycles. The van der Waals surface area contributed by atoms with Crippen LogP contribution in [0.2, 0.25) is 0 Å². The maximum absolute atomic E-state index is 11.8. The van der Waals surface area contributed by atoms with Crippen LogP contribution in [0, 0.1) is 0 Å². The van der Waals surface area contributed by atoms with E-state index in [1.54, 1.807) is 0 Å². The van der Waals surface area contributed by atoms with Crippen LogP contribution < -0.4 is 10.6 Å². The monoisotopic (exact) mass is 314 g/mol. The Morgan fingerprint density at radius 1 is 1.05 bits per heavy atom. The van der Waals surface area contributed by atoms with E-state index in [1.165, 1.54) is 19.3 Å². The molecule has 0 saturated heterocycles. The SMILES string of the molecule is CSC1CCC(NC2CCC(NC(=O)OC(C)(C)C)C2)C1. The van der Waals surface area contributed by atoms with Crippen molar-refractivity contribution in [3.63, 3.8) is 0 Å². The second-order valence-corrected chi connectivity index (χ2v) is 8.53. The van der Waals surface area contributed by atoms with Crippen LogP contribution >= 0.6 is 11.8 Å². The molecule has 0 radical (unpaired) electrons. The maximum Gasteiger partial charge on any atom is 0.407 e. The average molecular weight is 314 g/mol. The third-order valence-corrected chi connectivity index (χ3v) is 5.44. The molecule has 1 amide bonds. The second kappa shape index (κ2) is 7.23. The summed E-state index contributed by atoms with van der Waals surface area (Å²) in [7, 11) is 0. The maximum atomic E-state index is 11.8. The number of hydrogen-bond acceptors (Lipinski definition) is 4. The van der Waals surface area contributed by atoms with Gasteiger partial charge in [0, 0.05) is 23.4 Å². The lowest BCUT2D eigenvalue weighted by Gasteiger charge is -2.22. The summed E-state index contributed by atoms with van der Waals surface area (Å²) >= 11 is 1.99. The van der Waals surface area contributed by atoms with E-state index in [2.05, 4.69) is 16.9 Å². The summed E-state index contributed by atoms with van der Waals surface area (Å²) in [6.45, 7) is 5.69. The zero-order valence-electron chi connectivity index (χ0n) is 13.8. The first kappa shape index (κ1) is 16.9. The van der Waals surface area contributed by atoms with Crippen molar-refractivity contribution in [1.29, 1.82) is 0 Å². The van der Waals surface area contributed by atoms with Gasteiger partial charge in [-0.05, 0) is 65.6 Å². The predicted molar refractivity (Wildman–Crippen MR) is 88.9 cm³/mol. The van der Waals surface area contributed by atoms with Gasteiger partial charge in [-0.3, -0.25) is 0 Å². The summed E-state index contributed by atoms with van der Waals surface area (Å²) in [5.74, 6) is 0. The zero-order chi connectivity index (χ0) is 15.5. The molecule has 21 heavy (non-hydrogen) atoms. The molecule has 4 nitrogen and oxygen atoms in total. The van der Waals surface area contributed by atoms with Crippen LogP contribution in [0.3, 0.4) is 0 Å². The molecular weight excluding hydrogens is 284 g/mol. The minimum Gasteiger partial charge on any atom is -0.444 e. The van der Waals surface area contributed by atoms with Gasteiger partial charge in [0.1, 0.15) is 5.60 Å². The van der Waals surface area contributed by atoms with Crippen molar-refractivity contribution in [2.75, 3.05) is 6.26 Å². The molecule has 2 fully saturated rings. The van der Waals surface area contributed by atoms with Gasteiger partial charge in [-0.25, -0.2) is 4.79 Å². The summed E-state index contributed by atoms with van der Waals surface area (Å²) < 4.78 is 5.32. The zero-order valence-corrected chi connectivity index (χ0v) is 14.6. The summed E-state index contributed by atoms with van der Waals surface area (Å²) in [5, 5.41) is 7.63. The minimum absolute atomic E-state index is 0.259. The number of hydrogen-bond donors (Lipinski definition) is 2. The molecule has 122 valence electrons. The summed E-state index contributed by atoms with van der Waals surface area (Å²) in [4.78, 5) is 11.8. The van der Waals surface area contributed by atoms with E-state index in [0.717, 1.165) is 24.5 Å². The molecule has 5 heteroatoms.